The van der Waals surface area contributed by atoms with E-state index in [0.717, 1.165) is 66.0 Å². The number of hydrogen-bond acceptors (Lipinski definition) is 5. The van der Waals surface area contributed by atoms with Crippen LogP contribution in [0.5, 0.6) is 0 Å². The first-order valence-electron chi connectivity index (χ1n) is 19.0. The Kier molecular flexibility index (Phi) is 7.03. The monoisotopic (exact) mass is 746 g/mol. The predicted molar refractivity (Wildman–Crippen MR) is 236 cm³/mol. The molecule has 0 spiro atoms. The molecule has 0 amide bonds. The normalized spacial score (nSPS) is 11.9. The Hall–Kier alpha value is -7.41. The topological polar surface area (TPSA) is 56.7 Å². The highest BCUT2D eigenvalue weighted by atomic mass is 32.1. The Bertz CT molecular complexity index is 3540. The van der Waals surface area contributed by atoms with E-state index in [9.17, 15) is 0 Å². The first-order valence-corrected chi connectivity index (χ1v) is 19.8. The largest absolute Gasteiger partial charge is 0.456 e. The van der Waals surface area contributed by atoms with Gasteiger partial charge in [-0.15, -0.1) is 11.3 Å². The van der Waals surface area contributed by atoms with E-state index in [0.29, 0.717) is 17.6 Å². The van der Waals surface area contributed by atoms with Crippen LogP contribution in [-0.4, -0.2) is 19.5 Å². The molecule has 12 aromatic rings. The van der Waals surface area contributed by atoms with Crippen molar-refractivity contribution in [2.45, 2.75) is 0 Å². The number of benzene rings is 8. The van der Waals surface area contributed by atoms with Crippen LogP contribution in [-0.2, 0) is 0 Å². The number of rotatable bonds is 5. The third kappa shape index (κ3) is 5.12. The third-order valence-electron chi connectivity index (χ3n) is 11.1. The van der Waals surface area contributed by atoms with Gasteiger partial charge in [0.15, 0.2) is 11.6 Å². The van der Waals surface area contributed by atoms with E-state index >= 15 is 0 Å². The zero-order chi connectivity index (χ0) is 37.5. The maximum Gasteiger partial charge on any atom is 0.238 e. The minimum atomic E-state index is 0.549. The van der Waals surface area contributed by atoms with Crippen LogP contribution in [0.2, 0.25) is 0 Å². The van der Waals surface area contributed by atoms with Gasteiger partial charge in [-0.3, -0.25) is 4.57 Å². The lowest BCUT2D eigenvalue weighted by Crippen LogP contribution is -2.07. The summed E-state index contributed by atoms with van der Waals surface area (Å²) < 4.78 is 11.1. The molecule has 0 saturated heterocycles. The average molecular weight is 747 g/mol. The summed E-state index contributed by atoms with van der Waals surface area (Å²) in [5.41, 5.74) is 10.0. The van der Waals surface area contributed by atoms with Gasteiger partial charge in [0.05, 0.1) is 11.0 Å². The molecule has 266 valence electrons. The van der Waals surface area contributed by atoms with Crippen molar-refractivity contribution < 1.29 is 4.42 Å². The Morgan fingerprint density at radius 1 is 0.386 bits per heavy atom. The van der Waals surface area contributed by atoms with Gasteiger partial charge in [0, 0.05) is 58.4 Å². The summed E-state index contributed by atoms with van der Waals surface area (Å²) in [6, 6.07) is 64.0. The molecule has 4 heterocycles. The minimum absolute atomic E-state index is 0.549. The molecule has 0 unspecified atom stereocenters. The number of hydrogen-bond donors (Lipinski definition) is 0. The molecule has 0 saturated carbocycles. The number of furan rings is 1. The zero-order valence-electron chi connectivity index (χ0n) is 30.4. The quantitative estimate of drug-likeness (QED) is 0.176. The van der Waals surface area contributed by atoms with E-state index in [4.69, 9.17) is 19.4 Å². The lowest BCUT2D eigenvalue weighted by atomic mass is 9.96. The van der Waals surface area contributed by atoms with Crippen molar-refractivity contribution >= 4 is 75.3 Å². The molecule has 4 aromatic heterocycles. The van der Waals surface area contributed by atoms with Crippen LogP contribution in [0.4, 0.5) is 0 Å². The van der Waals surface area contributed by atoms with Crippen LogP contribution in [0.25, 0.3) is 115 Å². The van der Waals surface area contributed by atoms with Gasteiger partial charge in [0.25, 0.3) is 0 Å². The molecule has 57 heavy (non-hydrogen) atoms. The molecule has 0 fully saturated rings. The average Bonchev–Trinajstić information content (AvgIpc) is 3.95. The van der Waals surface area contributed by atoms with E-state index < -0.39 is 0 Å². The molecule has 6 heteroatoms. The molecule has 0 aliphatic rings. The molecular weight excluding hydrogens is 717 g/mol. The van der Waals surface area contributed by atoms with Crippen LogP contribution < -0.4 is 0 Å². The molecule has 0 aliphatic carbocycles. The number of aromatic nitrogens is 4. The Morgan fingerprint density at radius 2 is 1.04 bits per heavy atom. The third-order valence-corrected chi connectivity index (χ3v) is 12.2. The molecule has 0 bridgehead atoms. The summed E-state index contributed by atoms with van der Waals surface area (Å²) in [6.07, 6.45) is 0. The first kappa shape index (κ1) is 31.9. The molecule has 0 radical (unpaired) electrons. The summed E-state index contributed by atoms with van der Waals surface area (Å²) >= 11 is 1.84. The van der Waals surface area contributed by atoms with Gasteiger partial charge in [-0.1, -0.05) is 133 Å². The number of fused-ring (bicyclic) bond motifs is 9. The van der Waals surface area contributed by atoms with Crippen molar-refractivity contribution in [3.8, 4) is 51.0 Å². The number of thiophene rings is 1. The second kappa shape index (κ2) is 12.6. The maximum atomic E-state index is 6.31. The molecule has 8 aromatic carbocycles. The highest BCUT2D eigenvalue weighted by molar-refractivity contribution is 7.25. The number of nitrogens with zero attached hydrogens (tertiary/aromatic N) is 4. The summed E-state index contributed by atoms with van der Waals surface area (Å²) in [7, 11) is 0. The Labute approximate surface area is 330 Å². The molecular formula is C51H30N4OS. The summed E-state index contributed by atoms with van der Waals surface area (Å²) in [5, 5.41) is 7.00. The van der Waals surface area contributed by atoms with Crippen molar-refractivity contribution in [2.24, 2.45) is 0 Å². The Morgan fingerprint density at radius 3 is 1.95 bits per heavy atom. The van der Waals surface area contributed by atoms with E-state index in [1.165, 1.54) is 31.3 Å². The molecule has 0 aliphatic heterocycles. The second-order valence-corrected chi connectivity index (χ2v) is 15.5. The lowest BCUT2D eigenvalue weighted by Gasteiger charge is -2.13. The first-order chi connectivity index (χ1) is 28.2. The second-order valence-electron chi connectivity index (χ2n) is 14.4. The Balaban J connectivity index is 1.08. The van der Waals surface area contributed by atoms with Crippen LogP contribution in [0.15, 0.2) is 186 Å². The molecule has 12 rings (SSSR count). The molecule has 0 atom stereocenters. The fourth-order valence-corrected chi connectivity index (χ4v) is 9.49. The van der Waals surface area contributed by atoms with Crippen molar-refractivity contribution in [1.82, 2.24) is 19.5 Å². The lowest BCUT2D eigenvalue weighted by molar-refractivity contribution is 0.669. The van der Waals surface area contributed by atoms with Crippen LogP contribution in [0.3, 0.4) is 0 Å². The van der Waals surface area contributed by atoms with E-state index in [1.807, 2.05) is 65.9 Å². The van der Waals surface area contributed by atoms with Gasteiger partial charge in [-0.25, -0.2) is 4.98 Å². The summed E-state index contributed by atoms with van der Waals surface area (Å²) in [5.74, 6) is 1.72. The fourth-order valence-electron chi connectivity index (χ4n) is 8.41. The van der Waals surface area contributed by atoms with Gasteiger partial charge >= 0.3 is 0 Å². The van der Waals surface area contributed by atoms with E-state index in [1.54, 1.807) is 0 Å². The number of para-hydroxylation sites is 3. The zero-order valence-corrected chi connectivity index (χ0v) is 31.2. The van der Waals surface area contributed by atoms with E-state index in [2.05, 4.69) is 132 Å². The SMILES string of the molecule is c1ccc(-c2nc(-c3ccc4c(c3)oc3ccccc34)nc(-n3c4ccccc4c4cccc(-c5cccc(-c6ccc7sc8ccccc8c7c6)c5)c43)n2)cc1. The highest BCUT2D eigenvalue weighted by Crippen LogP contribution is 2.41. The molecule has 0 N–H and O–H groups in total. The fraction of sp³-hybridized carbons (Fsp3) is 0. The highest BCUT2D eigenvalue weighted by Gasteiger charge is 2.21. The van der Waals surface area contributed by atoms with Gasteiger partial charge in [0.2, 0.25) is 5.95 Å². The van der Waals surface area contributed by atoms with Gasteiger partial charge in [-0.2, -0.15) is 9.97 Å². The minimum Gasteiger partial charge on any atom is -0.456 e. The van der Waals surface area contributed by atoms with Crippen LogP contribution in [0, 0.1) is 0 Å². The maximum absolute atomic E-state index is 6.31. The smallest absolute Gasteiger partial charge is 0.238 e. The predicted octanol–water partition coefficient (Wildman–Crippen LogP) is 13.9. The van der Waals surface area contributed by atoms with Crippen molar-refractivity contribution in [3.05, 3.63) is 182 Å². The van der Waals surface area contributed by atoms with Crippen molar-refractivity contribution in [1.29, 1.82) is 0 Å². The van der Waals surface area contributed by atoms with Crippen molar-refractivity contribution in [2.75, 3.05) is 0 Å². The van der Waals surface area contributed by atoms with Crippen LogP contribution in [0.1, 0.15) is 0 Å². The van der Waals surface area contributed by atoms with Gasteiger partial charge < -0.3 is 4.42 Å². The summed E-state index contributed by atoms with van der Waals surface area (Å²) in [6.45, 7) is 0. The molecule has 5 nitrogen and oxygen atoms in total. The van der Waals surface area contributed by atoms with Gasteiger partial charge in [-0.05, 0) is 65.2 Å². The standard InChI is InChI=1S/C51H30N4OS/c1-2-12-31(13-3-1)49-52-50(35-24-26-39-38-17-5-8-22-44(38)56-45(39)30-35)54-51(53-49)55-43-21-7-4-16-37(43)41-20-11-19-36(48(41)55)34-15-10-14-32(28-34)33-25-27-47-42(29-33)40-18-6-9-23-46(40)57-47/h1-30H. The summed E-state index contributed by atoms with van der Waals surface area (Å²) in [4.78, 5) is 15.6. The van der Waals surface area contributed by atoms with Gasteiger partial charge in [0.1, 0.15) is 11.2 Å². The van der Waals surface area contributed by atoms with E-state index in [-0.39, 0.29) is 0 Å². The van der Waals surface area contributed by atoms with Crippen LogP contribution >= 0.6 is 11.3 Å². The van der Waals surface area contributed by atoms with Crippen molar-refractivity contribution in [3.63, 3.8) is 0 Å².